The summed E-state index contributed by atoms with van der Waals surface area (Å²) >= 11 is 3.50. The number of aliphatic imine (C=N–C) groups is 1. The van der Waals surface area contributed by atoms with E-state index in [4.69, 9.17) is 15.5 Å². The van der Waals surface area contributed by atoms with Crippen LogP contribution in [0.25, 0.3) is 0 Å². The molecule has 11 heteroatoms. The predicted molar refractivity (Wildman–Crippen MR) is 109 cm³/mol. The quantitative estimate of drug-likeness (QED) is 0.564. The first-order valence-corrected chi connectivity index (χ1v) is 9.91. The van der Waals surface area contributed by atoms with Crippen LogP contribution in [0.3, 0.4) is 0 Å². The maximum absolute atomic E-state index is 6.16. The number of rotatable bonds is 3. The zero-order valence-electron chi connectivity index (χ0n) is 15.8. The molecule has 0 amide bonds. The number of aryl methyl sites for hydroxylation is 1. The molecule has 0 spiro atoms. The van der Waals surface area contributed by atoms with Gasteiger partial charge >= 0.3 is 0 Å². The molecule has 0 saturated carbocycles. The molecule has 1 saturated heterocycles. The van der Waals surface area contributed by atoms with E-state index < -0.39 is 0 Å². The van der Waals surface area contributed by atoms with Crippen LogP contribution < -0.4 is 5.73 Å². The first kappa shape index (κ1) is 18.8. The average Bonchev–Trinajstić information content (AvgIpc) is 3.40. The van der Waals surface area contributed by atoms with Crippen LogP contribution in [0.4, 0.5) is 5.95 Å². The van der Waals surface area contributed by atoms with Gasteiger partial charge in [-0.3, -0.25) is 0 Å². The molecule has 0 bridgehead atoms. The van der Waals surface area contributed by atoms with Gasteiger partial charge in [0.2, 0.25) is 5.96 Å². The maximum Gasteiger partial charge on any atom is 0.272 e. The zero-order valence-corrected chi connectivity index (χ0v) is 17.4. The normalized spacial score (nSPS) is 19.5. The Labute approximate surface area is 170 Å². The zero-order chi connectivity index (χ0) is 19.7. The van der Waals surface area contributed by atoms with E-state index in [0.29, 0.717) is 5.95 Å². The van der Waals surface area contributed by atoms with Crippen LogP contribution in [0.2, 0.25) is 0 Å². The van der Waals surface area contributed by atoms with E-state index in [-0.39, 0.29) is 5.96 Å². The summed E-state index contributed by atoms with van der Waals surface area (Å²) in [7, 11) is 0. The Kier molecular flexibility index (Phi) is 5.27. The highest BCUT2D eigenvalue weighted by Gasteiger charge is 2.22. The minimum absolute atomic E-state index is 0.211. The van der Waals surface area contributed by atoms with Crippen molar-refractivity contribution in [2.75, 3.05) is 26.3 Å². The van der Waals surface area contributed by atoms with Crippen LogP contribution in [0, 0.1) is 13.8 Å². The van der Waals surface area contributed by atoms with Crippen LogP contribution >= 0.6 is 15.9 Å². The van der Waals surface area contributed by atoms with Gasteiger partial charge in [-0.15, -0.1) is 15.3 Å². The highest BCUT2D eigenvalue weighted by atomic mass is 79.9. The van der Waals surface area contributed by atoms with Gasteiger partial charge in [0.05, 0.1) is 40.5 Å². The van der Waals surface area contributed by atoms with Gasteiger partial charge < -0.3 is 15.4 Å². The van der Waals surface area contributed by atoms with Gasteiger partial charge in [0, 0.05) is 13.1 Å². The molecule has 0 atom stereocenters. The third kappa shape index (κ3) is 3.59. The number of hydrogen-bond acceptors (Lipinski definition) is 7. The molecule has 3 heterocycles. The SMILES string of the molecule is Cc1nn(/C(N)=N/n2cnnc2/N=C2\CCC=C2N2CCOCC2)c(C)c1Br. The molecule has 1 fully saturated rings. The van der Waals surface area contributed by atoms with Crippen LogP contribution in [0.1, 0.15) is 24.2 Å². The first-order chi connectivity index (χ1) is 13.5. The maximum atomic E-state index is 6.16. The summed E-state index contributed by atoms with van der Waals surface area (Å²) < 4.78 is 9.40. The number of ether oxygens (including phenoxy) is 1. The summed E-state index contributed by atoms with van der Waals surface area (Å²) in [4.78, 5) is 7.03. The molecule has 2 aromatic heterocycles. The lowest BCUT2D eigenvalue weighted by Crippen LogP contribution is -2.37. The lowest BCUT2D eigenvalue weighted by Gasteiger charge is -2.30. The number of hydrogen-bond donors (Lipinski definition) is 1. The molecule has 0 radical (unpaired) electrons. The Hall–Kier alpha value is -2.53. The van der Waals surface area contributed by atoms with E-state index in [1.165, 1.54) is 11.0 Å². The highest BCUT2D eigenvalue weighted by Crippen LogP contribution is 2.23. The van der Waals surface area contributed by atoms with Crippen LogP contribution in [0.15, 0.2) is 32.7 Å². The summed E-state index contributed by atoms with van der Waals surface area (Å²) in [5.74, 6) is 0.600. The lowest BCUT2D eigenvalue weighted by atomic mass is 10.2. The van der Waals surface area contributed by atoms with Gasteiger partial charge in [-0.25, -0.2) is 9.67 Å². The van der Waals surface area contributed by atoms with Crippen molar-refractivity contribution >= 4 is 33.5 Å². The van der Waals surface area contributed by atoms with E-state index in [9.17, 15) is 0 Å². The Balaban J connectivity index is 1.61. The fourth-order valence-electron chi connectivity index (χ4n) is 3.31. The highest BCUT2D eigenvalue weighted by molar-refractivity contribution is 9.10. The summed E-state index contributed by atoms with van der Waals surface area (Å²) in [6, 6.07) is 0. The van der Waals surface area contributed by atoms with Gasteiger partial charge in [0.15, 0.2) is 0 Å². The number of morpholine rings is 1. The van der Waals surface area contributed by atoms with Crippen molar-refractivity contribution in [1.82, 2.24) is 29.6 Å². The van der Waals surface area contributed by atoms with E-state index in [2.05, 4.69) is 47.3 Å². The minimum Gasteiger partial charge on any atom is -0.378 e. The molecule has 0 aromatic carbocycles. The fraction of sp³-hybridized carbons (Fsp3) is 0.471. The van der Waals surface area contributed by atoms with E-state index in [1.54, 1.807) is 4.68 Å². The number of allylic oxidation sites excluding steroid dienone is 2. The van der Waals surface area contributed by atoms with Crippen molar-refractivity contribution in [1.29, 1.82) is 0 Å². The summed E-state index contributed by atoms with van der Waals surface area (Å²) in [6.45, 7) is 7.03. The van der Waals surface area contributed by atoms with E-state index in [1.807, 2.05) is 13.8 Å². The Bertz CT molecular complexity index is 965. The van der Waals surface area contributed by atoms with Gasteiger partial charge in [0.1, 0.15) is 6.33 Å². The Morgan fingerprint density at radius 1 is 1.29 bits per heavy atom. The largest absolute Gasteiger partial charge is 0.378 e. The van der Waals surface area contributed by atoms with Crippen LogP contribution in [-0.2, 0) is 4.74 Å². The van der Waals surface area contributed by atoms with Crippen LogP contribution in [0.5, 0.6) is 0 Å². The van der Waals surface area contributed by atoms with Crippen molar-refractivity contribution < 1.29 is 4.74 Å². The number of aromatic nitrogens is 5. The van der Waals surface area contributed by atoms with Gasteiger partial charge in [-0.2, -0.15) is 9.77 Å². The third-order valence-electron chi connectivity index (χ3n) is 4.74. The number of halogens is 1. The fourth-order valence-corrected chi connectivity index (χ4v) is 3.56. The molecule has 10 nitrogen and oxygen atoms in total. The second kappa shape index (κ2) is 7.84. The summed E-state index contributed by atoms with van der Waals surface area (Å²) in [6.07, 6.45) is 5.53. The molecule has 1 aliphatic carbocycles. The van der Waals surface area contributed by atoms with Gasteiger partial charge in [-0.1, -0.05) is 6.08 Å². The average molecular weight is 448 g/mol. The molecule has 2 aliphatic rings. The summed E-state index contributed by atoms with van der Waals surface area (Å²) in [5, 5.41) is 16.8. The molecule has 28 heavy (non-hydrogen) atoms. The molecule has 148 valence electrons. The topological polar surface area (TPSA) is 112 Å². The molecule has 1 aliphatic heterocycles. The molecular weight excluding hydrogens is 426 g/mol. The van der Waals surface area contributed by atoms with Crippen molar-refractivity contribution in [3.63, 3.8) is 0 Å². The minimum atomic E-state index is 0.211. The molecule has 0 unspecified atom stereocenters. The molecule has 2 N–H and O–H groups in total. The van der Waals surface area contributed by atoms with E-state index in [0.717, 1.165) is 66.4 Å². The Morgan fingerprint density at radius 2 is 2.07 bits per heavy atom. The molecule has 4 rings (SSSR count). The van der Waals surface area contributed by atoms with Crippen molar-refractivity contribution in [3.05, 3.63) is 34.0 Å². The monoisotopic (exact) mass is 447 g/mol. The lowest BCUT2D eigenvalue weighted by molar-refractivity contribution is 0.0565. The second-order valence-corrected chi connectivity index (χ2v) is 7.41. The second-order valence-electron chi connectivity index (χ2n) is 6.62. The van der Waals surface area contributed by atoms with Crippen molar-refractivity contribution in [2.24, 2.45) is 15.8 Å². The molecule has 2 aromatic rings. The summed E-state index contributed by atoms with van der Waals surface area (Å²) in [5.41, 5.74) is 10.0. The number of nitrogens with two attached hydrogens (primary N) is 1. The van der Waals surface area contributed by atoms with Crippen molar-refractivity contribution in [2.45, 2.75) is 26.7 Å². The molecular formula is C17H22BrN9O. The smallest absolute Gasteiger partial charge is 0.272 e. The Morgan fingerprint density at radius 3 is 2.79 bits per heavy atom. The standard InChI is InChI=1S/C17H22BrN9O/c1-11-15(18)12(2)27(23-11)16(19)24-26-10-20-22-17(26)21-13-4-3-5-14(13)25-6-8-28-9-7-25/h5,10H,3-4,6-9H2,1-2H3,(H2,19,24)/b21-13+. The third-order valence-corrected chi connectivity index (χ3v) is 5.89. The van der Waals surface area contributed by atoms with Gasteiger partial charge in [0.25, 0.3) is 5.95 Å². The predicted octanol–water partition coefficient (Wildman–Crippen LogP) is 1.56. The van der Waals surface area contributed by atoms with E-state index >= 15 is 0 Å². The first-order valence-electron chi connectivity index (χ1n) is 9.12. The van der Waals surface area contributed by atoms with Crippen LogP contribution in [-0.4, -0.2) is 67.5 Å². The van der Waals surface area contributed by atoms with Crippen molar-refractivity contribution in [3.8, 4) is 0 Å². The van der Waals surface area contributed by atoms with Gasteiger partial charge in [-0.05, 0) is 42.6 Å². The number of nitrogens with zero attached hydrogens (tertiary/aromatic N) is 8.